The van der Waals surface area contributed by atoms with Gasteiger partial charge in [0.2, 0.25) is 0 Å². The number of carbonyl (C=O) groups is 1. The molecule has 0 amide bonds. The van der Waals surface area contributed by atoms with Crippen molar-refractivity contribution in [1.82, 2.24) is 0 Å². The lowest BCUT2D eigenvalue weighted by atomic mass is 10.2. The largest absolute Gasteiger partial charge is 0.504 e. The van der Waals surface area contributed by atoms with E-state index < -0.39 is 5.97 Å². The molecule has 0 aliphatic rings. The van der Waals surface area contributed by atoms with Crippen LogP contribution in [0.3, 0.4) is 0 Å². The van der Waals surface area contributed by atoms with Crippen LogP contribution in [-0.4, -0.2) is 23.3 Å². The molecule has 0 fully saturated rings. The monoisotopic (exact) mass is 210 g/mol. The SMILES string of the molecule is C=CC.COc1cc(C(=O)O)ccc1O. The second-order valence-electron chi connectivity index (χ2n) is 2.60. The normalized spacial score (nSPS) is 8.40. The number of phenols is 1. The van der Waals surface area contributed by atoms with Crippen molar-refractivity contribution in [3.8, 4) is 11.5 Å². The molecular formula is C11H14O4. The smallest absolute Gasteiger partial charge is 0.335 e. The zero-order chi connectivity index (χ0) is 11.8. The molecule has 0 radical (unpaired) electrons. The number of aromatic carboxylic acids is 1. The number of ether oxygens (including phenoxy) is 1. The van der Waals surface area contributed by atoms with E-state index in [1.807, 2.05) is 6.92 Å². The average molecular weight is 210 g/mol. The highest BCUT2D eigenvalue weighted by atomic mass is 16.5. The molecule has 0 saturated carbocycles. The minimum absolute atomic E-state index is 0.0671. The van der Waals surface area contributed by atoms with Crippen LogP contribution in [0.2, 0.25) is 0 Å². The predicted molar refractivity (Wildman–Crippen MR) is 57.5 cm³/mol. The van der Waals surface area contributed by atoms with Gasteiger partial charge in [-0.15, -0.1) is 6.58 Å². The third kappa shape index (κ3) is 4.17. The highest BCUT2D eigenvalue weighted by Gasteiger charge is 2.06. The second-order valence-corrected chi connectivity index (χ2v) is 2.60. The summed E-state index contributed by atoms with van der Waals surface area (Å²) in [5.74, 6) is -0.953. The Labute approximate surface area is 88.4 Å². The highest BCUT2D eigenvalue weighted by Crippen LogP contribution is 2.25. The van der Waals surface area contributed by atoms with Crippen LogP contribution in [0.5, 0.6) is 11.5 Å². The molecular weight excluding hydrogens is 196 g/mol. The Morgan fingerprint density at radius 1 is 1.53 bits per heavy atom. The second kappa shape index (κ2) is 6.48. The molecule has 15 heavy (non-hydrogen) atoms. The first-order valence-electron chi connectivity index (χ1n) is 4.24. The number of benzene rings is 1. The lowest BCUT2D eigenvalue weighted by Gasteiger charge is -2.02. The molecule has 82 valence electrons. The van der Waals surface area contributed by atoms with E-state index in [1.54, 1.807) is 6.08 Å². The Hall–Kier alpha value is -1.97. The van der Waals surface area contributed by atoms with Crippen molar-refractivity contribution >= 4 is 5.97 Å². The molecule has 0 aromatic heterocycles. The van der Waals surface area contributed by atoms with Crippen LogP contribution < -0.4 is 4.74 Å². The minimum Gasteiger partial charge on any atom is -0.504 e. The van der Waals surface area contributed by atoms with Crippen LogP contribution in [0.15, 0.2) is 30.9 Å². The van der Waals surface area contributed by atoms with Gasteiger partial charge in [0.05, 0.1) is 12.7 Å². The van der Waals surface area contributed by atoms with E-state index in [1.165, 1.54) is 25.3 Å². The lowest BCUT2D eigenvalue weighted by Crippen LogP contribution is -1.96. The molecule has 1 rings (SSSR count). The third-order valence-electron chi connectivity index (χ3n) is 1.43. The van der Waals surface area contributed by atoms with E-state index in [-0.39, 0.29) is 17.1 Å². The van der Waals surface area contributed by atoms with Gasteiger partial charge in [0, 0.05) is 0 Å². The maximum atomic E-state index is 10.4. The summed E-state index contributed by atoms with van der Waals surface area (Å²) >= 11 is 0. The molecule has 0 spiro atoms. The van der Waals surface area contributed by atoms with E-state index in [2.05, 4.69) is 6.58 Å². The first kappa shape index (κ1) is 13.0. The summed E-state index contributed by atoms with van der Waals surface area (Å²) in [6.45, 7) is 5.25. The molecule has 0 saturated heterocycles. The van der Waals surface area contributed by atoms with Gasteiger partial charge in [0.15, 0.2) is 11.5 Å². The molecule has 1 aromatic rings. The van der Waals surface area contributed by atoms with Crippen molar-refractivity contribution in [1.29, 1.82) is 0 Å². The van der Waals surface area contributed by atoms with Crippen molar-refractivity contribution in [2.24, 2.45) is 0 Å². The number of phenolic OH excluding ortho intramolecular Hbond substituents is 1. The zero-order valence-corrected chi connectivity index (χ0v) is 8.73. The summed E-state index contributed by atoms with van der Waals surface area (Å²) in [5.41, 5.74) is 0.0876. The van der Waals surface area contributed by atoms with Crippen molar-refractivity contribution in [3.63, 3.8) is 0 Å². The Morgan fingerprint density at radius 3 is 2.47 bits per heavy atom. The Kier molecular flexibility index (Phi) is 5.63. The summed E-state index contributed by atoms with van der Waals surface area (Å²) < 4.78 is 4.72. The number of aromatic hydroxyl groups is 1. The first-order chi connectivity index (χ1) is 7.06. The van der Waals surface area contributed by atoms with E-state index in [0.717, 1.165) is 0 Å². The van der Waals surface area contributed by atoms with Crippen LogP contribution in [0, 0.1) is 0 Å². The molecule has 0 bridgehead atoms. The maximum absolute atomic E-state index is 10.4. The number of carboxylic acid groups (broad SMARTS) is 1. The quantitative estimate of drug-likeness (QED) is 0.735. The molecule has 0 aliphatic heterocycles. The van der Waals surface area contributed by atoms with E-state index in [4.69, 9.17) is 14.9 Å². The van der Waals surface area contributed by atoms with E-state index in [0.29, 0.717) is 0 Å². The molecule has 0 unspecified atom stereocenters. The van der Waals surface area contributed by atoms with Crippen LogP contribution in [0.4, 0.5) is 0 Å². The van der Waals surface area contributed by atoms with Gasteiger partial charge in [-0.2, -0.15) is 0 Å². The summed E-state index contributed by atoms with van der Waals surface area (Å²) in [7, 11) is 1.36. The van der Waals surface area contributed by atoms with Crippen LogP contribution in [0.25, 0.3) is 0 Å². The Bertz CT molecular complexity index is 344. The number of methoxy groups -OCH3 is 1. The molecule has 1 aromatic carbocycles. The van der Waals surface area contributed by atoms with Crippen LogP contribution >= 0.6 is 0 Å². The number of hydrogen-bond acceptors (Lipinski definition) is 3. The van der Waals surface area contributed by atoms with Crippen LogP contribution in [0.1, 0.15) is 17.3 Å². The van der Waals surface area contributed by atoms with E-state index in [9.17, 15) is 4.79 Å². The minimum atomic E-state index is -1.05. The molecule has 0 aliphatic carbocycles. The van der Waals surface area contributed by atoms with Crippen molar-refractivity contribution < 1.29 is 19.7 Å². The fourth-order valence-corrected chi connectivity index (χ4v) is 0.811. The fraction of sp³-hybridized carbons (Fsp3) is 0.182. The highest BCUT2D eigenvalue weighted by molar-refractivity contribution is 5.88. The average Bonchev–Trinajstić information content (AvgIpc) is 2.19. The summed E-state index contributed by atoms with van der Waals surface area (Å²) in [4.78, 5) is 10.4. The lowest BCUT2D eigenvalue weighted by molar-refractivity contribution is 0.0696. The zero-order valence-electron chi connectivity index (χ0n) is 8.73. The Morgan fingerprint density at radius 2 is 2.07 bits per heavy atom. The topological polar surface area (TPSA) is 66.8 Å². The van der Waals surface area contributed by atoms with Gasteiger partial charge in [0.25, 0.3) is 0 Å². The predicted octanol–water partition coefficient (Wildman–Crippen LogP) is 2.29. The van der Waals surface area contributed by atoms with Crippen molar-refractivity contribution in [2.75, 3.05) is 7.11 Å². The maximum Gasteiger partial charge on any atom is 0.335 e. The van der Waals surface area contributed by atoms with E-state index >= 15 is 0 Å². The molecule has 0 atom stereocenters. The number of rotatable bonds is 2. The van der Waals surface area contributed by atoms with Crippen molar-refractivity contribution in [2.45, 2.75) is 6.92 Å². The summed E-state index contributed by atoms with van der Waals surface area (Å²) in [6, 6.07) is 3.85. The molecule has 4 nitrogen and oxygen atoms in total. The Balaban J connectivity index is 0.000000583. The summed E-state index contributed by atoms with van der Waals surface area (Å²) in [6.07, 6.45) is 1.75. The molecule has 0 heterocycles. The first-order valence-corrected chi connectivity index (χ1v) is 4.24. The van der Waals surface area contributed by atoms with Crippen LogP contribution in [-0.2, 0) is 0 Å². The standard InChI is InChI=1S/C8H8O4.C3H6/c1-12-7-4-5(8(10)11)2-3-6(7)9;1-3-2/h2-4,9H,1H3,(H,10,11);3H,1H2,2H3. The van der Waals surface area contributed by atoms with Gasteiger partial charge < -0.3 is 14.9 Å². The van der Waals surface area contributed by atoms with Gasteiger partial charge in [-0.25, -0.2) is 4.79 Å². The van der Waals surface area contributed by atoms with Gasteiger partial charge in [-0.3, -0.25) is 0 Å². The number of allylic oxidation sites excluding steroid dienone is 1. The van der Waals surface area contributed by atoms with Gasteiger partial charge in [-0.1, -0.05) is 6.08 Å². The van der Waals surface area contributed by atoms with Gasteiger partial charge >= 0.3 is 5.97 Å². The molecule has 4 heteroatoms. The van der Waals surface area contributed by atoms with Crippen molar-refractivity contribution in [3.05, 3.63) is 36.4 Å². The third-order valence-corrected chi connectivity index (χ3v) is 1.43. The summed E-state index contributed by atoms with van der Waals surface area (Å²) in [5, 5.41) is 17.7. The van der Waals surface area contributed by atoms with Gasteiger partial charge in [-0.05, 0) is 25.1 Å². The fourth-order valence-electron chi connectivity index (χ4n) is 0.811. The number of hydrogen-bond donors (Lipinski definition) is 2. The number of carboxylic acids is 1. The molecule has 2 N–H and O–H groups in total. The van der Waals surface area contributed by atoms with Gasteiger partial charge in [0.1, 0.15) is 0 Å².